The van der Waals surface area contributed by atoms with E-state index < -0.39 is 5.60 Å². The van der Waals surface area contributed by atoms with Crippen LogP contribution in [0, 0.1) is 17.8 Å². The number of halogens is 1. The van der Waals surface area contributed by atoms with Gasteiger partial charge in [0.25, 0.3) is 0 Å². The fourth-order valence-corrected chi connectivity index (χ4v) is 4.57. The topological polar surface area (TPSA) is 33.1 Å². The molecule has 0 aliphatic heterocycles. The number of rotatable bonds is 3. The van der Waals surface area contributed by atoms with Gasteiger partial charge in [-0.2, -0.15) is 0 Å². The maximum atomic E-state index is 10.8. The average Bonchev–Trinajstić information content (AvgIpc) is 2.76. The van der Waals surface area contributed by atoms with E-state index in [9.17, 15) is 5.11 Å². The van der Waals surface area contributed by atoms with E-state index in [-0.39, 0.29) is 0 Å². The maximum Gasteiger partial charge on any atom is 0.125 e. The zero-order valence-electron chi connectivity index (χ0n) is 11.3. The van der Waals surface area contributed by atoms with E-state index >= 15 is 0 Å². The summed E-state index contributed by atoms with van der Waals surface area (Å²) in [5.74, 6) is 1.89. The summed E-state index contributed by atoms with van der Waals surface area (Å²) < 4.78 is 0.994. The molecular formula is C14H22BrNOS. The molecule has 0 saturated heterocycles. The fourth-order valence-electron chi connectivity index (χ4n) is 3.24. The molecule has 0 bridgehead atoms. The van der Waals surface area contributed by atoms with Crippen molar-refractivity contribution < 1.29 is 5.11 Å². The molecule has 0 radical (unpaired) electrons. The predicted molar refractivity (Wildman–Crippen MR) is 79.7 cm³/mol. The van der Waals surface area contributed by atoms with Crippen molar-refractivity contribution in [3.8, 4) is 0 Å². The average molecular weight is 332 g/mol. The van der Waals surface area contributed by atoms with Crippen LogP contribution in [0.2, 0.25) is 0 Å². The third-order valence-corrected chi connectivity index (χ3v) is 6.28. The SMILES string of the molecule is CC[C@H]1CC[C@H]([C@](C)(O)c2ncc(Br)s2)C[C@H]1C. The molecular weight excluding hydrogens is 310 g/mol. The number of thiazole rings is 1. The third-order valence-electron chi connectivity index (χ3n) is 4.58. The van der Waals surface area contributed by atoms with Gasteiger partial charge in [-0.25, -0.2) is 4.98 Å². The molecule has 1 fully saturated rings. The molecule has 0 unspecified atom stereocenters. The van der Waals surface area contributed by atoms with Crippen molar-refractivity contribution in [3.05, 3.63) is 15.0 Å². The van der Waals surface area contributed by atoms with Crippen LogP contribution in [0.4, 0.5) is 0 Å². The van der Waals surface area contributed by atoms with E-state index in [1.807, 2.05) is 6.92 Å². The lowest BCUT2D eigenvalue weighted by atomic mass is 9.69. The molecule has 1 heterocycles. The van der Waals surface area contributed by atoms with Crippen molar-refractivity contribution in [2.45, 2.75) is 52.1 Å². The predicted octanol–water partition coefficient (Wildman–Crippen LogP) is 4.58. The normalized spacial score (nSPS) is 32.2. The van der Waals surface area contributed by atoms with Crippen LogP contribution in [-0.4, -0.2) is 10.1 Å². The first-order chi connectivity index (χ1) is 8.45. The molecule has 2 nitrogen and oxygen atoms in total. The van der Waals surface area contributed by atoms with Crippen molar-refractivity contribution in [3.63, 3.8) is 0 Å². The first-order valence-corrected chi connectivity index (χ1v) is 8.40. The van der Waals surface area contributed by atoms with E-state index in [2.05, 4.69) is 34.8 Å². The standard InChI is InChI=1S/C14H22BrNOS/c1-4-10-5-6-11(7-9(10)2)14(3,17)13-16-8-12(15)18-13/h8-11,17H,4-7H2,1-3H3/t9-,10+,11+,14+/m1/s1. The molecule has 1 aromatic heterocycles. The Labute approximate surface area is 122 Å². The summed E-state index contributed by atoms with van der Waals surface area (Å²) >= 11 is 4.98. The Morgan fingerprint density at radius 1 is 1.56 bits per heavy atom. The largest absolute Gasteiger partial charge is 0.383 e. The van der Waals surface area contributed by atoms with Gasteiger partial charge in [0.2, 0.25) is 0 Å². The van der Waals surface area contributed by atoms with Gasteiger partial charge in [-0.05, 0) is 59.9 Å². The van der Waals surface area contributed by atoms with Crippen molar-refractivity contribution in [2.24, 2.45) is 17.8 Å². The number of hydrogen-bond acceptors (Lipinski definition) is 3. The second-order valence-electron chi connectivity index (χ2n) is 5.77. The maximum absolute atomic E-state index is 10.8. The van der Waals surface area contributed by atoms with Crippen molar-refractivity contribution >= 4 is 27.3 Å². The van der Waals surface area contributed by atoms with Gasteiger partial charge in [0, 0.05) is 0 Å². The van der Waals surface area contributed by atoms with Crippen molar-refractivity contribution in [1.82, 2.24) is 4.98 Å². The Balaban J connectivity index is 2.12. The van der Waals surface area contributed by atoms with Gasteiger partial charge in [0.15, 0.2) is 0 Å². The molecule has 0 aromatic carbocycles. The lowest BCUT2D eigenvalue weighted by molar-refractivity contribution is -0.0390. The summed E-state index contributed by atoms with van der Waals surface area (Å²) in [5.41, 5.74) is -0.774. The summed E-state index contributed by atoms with van der Waals surface area (Å²) in [6, 6.07) is 0. The zero-order chi connectivity index (χ0) is 13.3. The molecule has 1 aliphatic rings. The van der Waals surface area contributed by atoms with Crippen LogP contribution in [-0.2, 0) is 5.60 Å². The molecule has 102 valence electrons. The quantitative estimate of drug-likeness (QED) is 0.879. The molecule has 4 heteroatoms. The molecule has 0 amide bonds. The van der Waals surface area contributed by atoms with Gasteiger partial charge in [-0.3, -0.25) is 0 Å². The van der Waals surface area contributed by atoms with Crippen molar-refractivity contribution in [2.75, 3.05) is 0 Å². The van der Waals surface area contributed by atoms with E-state index in [0.717, 1.165) is 27.6 Å². The summed E-state index contributed by atoms with van der Waals surface area (Å²) in [7, 11) is 0. The molecule has 18 heavy (non-hydrogen) atoms. The van der Waals surface area contributed by atoms with Gasteiger partial charge in [0.05, 0.1) is 9.98 Å². The molecule has 4 atom stereocenters. The van der Waals surface area contributed by atoms with Gasteiger partial charge >= 0.3 is 0 Å². The highest BCUT2D eigenvalue weighted by Gasteiger charge is 2.40. The Morgan fingerprint density at radius 3 is 2.78 bits per heavy atom. The molecule has 1 aromatic rings. The Kier molecular flexibility index (Phi) is 4.50. The van der Waals surface area contributed by atoms with Crippen LogP contribution in [0.15, 0.2) is 9.98 Å². The minimum atomic E-state index is -0.774. The number of nitrogens with zero attached hydrogens (tertiary/aromatic N) is 1. The lowest BCUT2D eigenvalue weighted by Crippen LogP contribution is -2.37. The van der Waals surface area contributed by atoms with E-state index in [1.54, 1.807) is 17.5 Å². The number of hydrogen-bond donors (Lipinski definition) is 1. The van der Waals surface area contributed by atoms with Crippen LogP contribution >= 0.6 is 27.3 Å². The second kappa shape index (κ2) is 5.59. The Morgan fingerprint density at radius 2 is 2.28 bits per heavy atom. The summed E-state index contributed by atoms with van der Waals surface area (Å²) in [4.78, 5) is 4.35. The fraction of sp³-hybridized carbons (Fsp3) is 0.786. The monoisotopic (exact) mass is 331 g/mol. The van der Waals surface area contributed by atoms with Crippen LogP contribution in [0.3, 0.4) is 0 Å². The highest BCUT2D eigenvalue weighted by molar-refractivity contribution is 9.11. The number of aromatic nitrogens is 1. The molecule has 0 spiro atoms. The third kappa shape index (κ3) is 2.81. The van der Waals surface area contributed by atoms with Gasteiger partial charge < -0.3 is 5.11 Å². The van der Waals surface area contributed by atoms with Crippen LogP contribution in [0.25, 0.3) is 0 Å². The molecule has 1 N–H and O–H groups in total. The van der Waals surface area contributed by atoms with E-state index in [1.165, 1.54) is 12.8 Å². The highest BCUT2D eigenvalue weighted by atomic mass is 79.9. The molecule has 2 rings (SSSR count). The van der Waals surface area contributed by atoms with Crippen LogP contribution < -0.4 is 0 Å². The summed E-state index contributed by atoms with van der Waals surface area (Å²) in [6.45, 7) is 6.54. The summed E-state index contributed by atoms with van der Waals surface area (Å²) in [5, 5.41) is 11.7. The van der Waals surface area contributed by atoms with Crippen molar-refractivity contribution in [1.29, 1.82) is 0 Å². The zero-order valence-corrected chi connectivity index (χ0v) is 13.7. The first-order valence-electron chi connectivity index (χ1n) is 6.79. The number of aliphatic hydroxyl groups is 1. The van der Waals surface area contributed by atoms with Crippen LogP contribution in [0.5, 0.6) is 0 Å². The smallest absolute Gasteiger partial charge is 0.125 e. The molecule has 1 saturated carbocycles. The highest BCUT2D eigenvalue weighted by Crippen LogP contribution is 2.45. The van der Waals surface area contributed by atoms with E-state index in [4.69, 9.17) is 0 Å². The molecule has 1 aliphatic carbocycles. The lowest BCUT2D eigenvalue weighted by Gasteiger charge is -2.40. The van der Waals surface area contributed by atoms with Crippen LogP contribution in [0.1, 0.15) is 51.5 Å². The van der Waals surface area contributed by atoms with E-state index in [0.29, 0.717) is 11.8 Å². The Bertz CT molecular complexity index is 404. The second-order valence-corrected chi connectivity index (χ2v) is 8.18. The van der Waals surface area contributed by atoms with Gasteiger partial charge in [0.1, 0.15) is 10.6 Å². The Hall–Kier alpha value is 0.0700. The van der Waals surface area contributed by atoms with Gasteiger partial charge in [-0.15, -0.1) is 11.3 Å². The van der Waals surface area contributed by atoms with Gasteiger partial charge in [-0.1, -0.05) is 20.3 Å². The minimum absolute atomic E-state index is 0.341. The summed E-state index contributed by atoms with van der Waals surface area (Å²) in [6.07, 6.45) is 6.52. The first kappa shape index (κ1) is 14.5. The minimum Gasteiger partial charge on any atom is -0.383 e.